The highest BCUT2D eigenvalue weighted by atomic mass is 127. The van der Waals surface area contributed by atoms with Crippen LogP contribution in [0.3, 0.4) is 0 Å². The van der Waals surface area contributed by atoms with Crippen molar-refractivity contribution in [1.29, 1.82) is 5.26 Å². The van der Waals surface area contributed by atoms with Gasteiger partial charge in [-0.25, -0.2) is 0 Å². The largest absolute Gasteiger partial charge is 0.394 e. The predicted molar refractivity (Wildman–Crippen MR) is 111 cm³/mol. The molecular weight excluding hydrogens is 473 g/mol. The highest BCUT2D eigenvalue weighted by molar-refractivity contribution is 14.1. The summed E-state index contributed by atoms with van der Waals surface area (Å²) in [5.74, 6) is 0. The molecule has 0 spiro atoms. The van der Waals surface area contributed by atoms with Gasteiger partial charge in [-0.3, -0.25) is 0 Å². The van der Waals surface area contributed by atoms with Gasteiger partial charge in [-0.2, -0.15) is 5.26 Å². The van der Waals surface area contributed by atoms with Crippen LogP contribution in [0.15, 0.2) is 42.5 Å². The molecule has 0 saturated carbocycles. The molecule has 1 fully saturated rings. The number of ether oxygens (including phenoxy) is 2. The van der Waals surface area contributed by atoms with Gasteiger partial charge in [0.1, 0.15) is 30.5 Å². The average molecular weight is 495 g/mol. The van der Waals surface area contributed by atoms with Gasteiger partial charge in [0.2, 0.25) is 0 Å². The first kappa shape index (κ1) is 21.2. The molecule has 2 aromatic rings. The van der Waals surface area contributed by atoms with Gasteiger partial charge in [0.15, 0.2) is 0 Å². The Hall–Kier alpha value is -1.54. The zero-order chi connectivity index (χ0) is 20.3. The normalized spacial score (nSPS) is 27.4. The third kappa shape index (κ3) is 4.38. The maximum Gasteiger partial charge on any atom is 0.114 e. The summed E-state index contributed by atoms with van der Waals surface area (Å²) >= 11 is 2.24. The molecule has 3 N–H and O–H groups in total. The number of aliphatic hydroxyl groups is 3. The minimum absolute atomic E-state index is 0.393. The van der Waals surface area contributed by atoms with Crippen LogP contribution in [0.5, 0.6) is 0 Å². The number of halogens is 1. The second-order valence-electron chi connectivity index (χ2n) is 6.79. The van der Waals surface area contributed by atoms with Gasteiger partial charge in [0.25, 0.3) is 0 Å². The van der Waals surface area contributed by atoms with E-state index >= 15 is 0 Å². The quantitative estimate of drug-likeness (QED) is 0.548. The maximum absolute atomic E-state index is 10.6. The van der Waals surface area contributed by atoms with E-state index < -0.39 is 37.1 Å². The van der Waals surface area contributed by atoms with Crippen LogP contribution in [0.1, 0.15) is 28.4 Å². The lowest BCUT2D eigenvalue weighted by Crippen LogP contribution is -2.56. The molecule has 2 aromatic carbocycles. The Morgan fingerprint density at radius 1 is 1.14 bits per heavy atom. The van der Waals surface area contributed by atoms with Gasteiger partial charge >= 0.3 is 0 Å². The number of rotatable bonds is 5. The number of hydrogen-bond donors (Lipinski definition) is 3. The van der Waals surface area contributed by atoms with Crippen molar-refractivity contribution in [1.82, 2.24) is 0 Å². The topological polar surface area (TPSA) is 103 Å². The van der Waals surface area contributed by atoms with E-state index in [9.17, 15) is 20.6 Å². The van der Waals surface area contributed by atoms with Gasteiger partial charge in [0, 0.05) is 10.7 Å². The lowest BCUT2D eigenvalue weighted by Gasteiger charge is -2.42. The first-order chi connectivity index (χ1) is 13.5. The number of nitriles is 1. The third-order valence-electron chi connectivity index (χ3n) is 5.02. The molecule has 148 valence electrons. The summed E-state index contributed by atoms with van der Waals surface area (Å²) in [4.78, 5) is 0. The molecule has 6 nitrogen and oxygen atoms in total. The van der Waals surface area contributed by atoms with E-state index in [-0.39, 0.29) is 0 Å². The zero-order valence-electron chi connectivity index (χ0n) is 15.3. The molecule has 0 radical (unpaired) electrons. The molecule has 0 amide bonds. The first-order valence-electron chi connectivity index (χ1n) is 8.91. The zero-order valence-corrected chi connectivity index (χ0v) is 17.5. The molecule has 1 aliphatic heterocycles. The Balaban J connectivity index is 1.93. The second-order valence-corrected chi connectivity index (χ2v) is 8.04. The summed E-state index contributed by atoms with van der Waals surface area (Å²) in [6, 6.07) is 15.5. The smallest absolute Gasteiger partial charge is 0.114 e. The van der Waals surface area contributed by atoms with Crippen molar-refractivity contribution < 1.29 is 24.8 Å². The number of benzene rings is 2. The summed E-state index contributed by atoms with van der Waals surface area (Å²) in [5, 5.41) is 39.8. The van der Waals surface area contributed by atoms with E-state index in [1.54, 1.807) is 12.1 Å². The lowest BCUT2D eigenvalue weighted by molar-refractivity contribution is -0.238. The summed E-state index contributed by atoms with van der Waals surface area (Å²) in [6.07, 6.45) is -4.21. The van der Waals surface area contributed by atoms with Crippen LogP contribution in [0.4, 0.5) is 0 Å². The molecule has 0 aliphatic carbocycles. The highest BCUT2D eigenvalue weighted by Gasteiger charge is 2.45. The molecule has 3 rings (SSSR count). The van der Waals surface area contributed by atoms with E-state index in [1.165, 1.54) is 7.11 Å². The first-order valence-corrected chi connectivity index (χ1v) is 9.99. The van der Waals surface area contributed by atoms with Crippen molar-refractivity contribution in [2.75, 3.05) is 13.7 Å². The molecule has 1 saturated heterocycles. The molecule has 7 heteroatoms. The van der Waals surface area contributed by atoms with Crippen molar-refractivity contribution in [2.45, 2.75) is 36.9 Å². The molecule has 1 aliphatic rings. The summed E-state index contributed by atoms with van der Waals surface area (Å²) in [6.45, 7) is -0.393. The molecule has 1 heterocycles. The van der Waals surface area contributed by atoms with Gasteiger partial charge in [-0.1, -0.05) is 24.3 Å². The minimum Gasteiger partial charge on any atom is -0.394 e. The predicted octanol–water partition coefficient (Wildman–Crippen LogP) is 1.92. The third-order valence-corrected chi connectivity index (χ3v) is 5.74. The fourth-order valence-electron chi connectivity index (χ4n) is 3.51. The fourth-order valence-corrected chi connectivity index (χ4v) is 3.87. The van der Waals surface area contributed by atoms with Gasteiger partial charge < -0.3 is 24.8 Å². The van der Waals surface area contributed by atoms with Crippen LogP contribution in [0, 0.1) is 14.9 Å². The van der Waals surface area contributed by atoms with E-state index in [1.807, 2.05) is 30.3 Å². The summed E-state index contributed by atoms with van der Waals surface area (Å²) in [5.41, 5.74) is 3.10. The van der Waals surface area contributed by atoms with Crippen LogP contribution >= 0.6 is 22.6 Å². The summed E-state index contributed by atoms with van der Waals surface area (Å²) in [7, 11) is 1.40. The molecule has 0 unspecified atom stereocenters. The van der Waals surface area contributed by atoms with Crippen LogP contribution in [-0.4, -0.2) is 53.5 Å². The highest BCUT2D eigenvalue weighted by Crippen LogP contribution is 2.34. The molecule has 0 aromatic heterocycles. The molecule has 5 atom stereocenters. The SMILES string of the molecule is CO[C@@H]1[C@@H](O)[C@H](c2ccc(C#N)c(Cc3ccc(I)cc3)c2)O[C@H](CO)[C@H]1O. The van der Waals surface area contributed by atoms with Crippen LogP contribution in [0.25, 0.3) is 0 Å². The second kappa shape index (κ2) is 9.31. The Kier molecular flexibility index (Phi) is 7.04. The van der Waals surface area contributed by atoms with E-state index in [0.29, 0.717) is 17.5 Å². The molecule has 28 heavy (non-hydrogen) atoms. The van der Waals surface area contributed by atoms with Crippen molar-refractivity contribution in [3.8, 4) is 6.07 Å². The maximum atomic E-state index is 10.6. The van der Waals surface area contributed by atoms with Crippen LogP contribution in [0.2, 0.25) is 0 Å². The monoisotopic (exact) mass is 495 g/mol. The van der Waals surface area contributed by atoms with Crippen LogP contribution in [-0.2, 0) is 15.9 Å². The Morgan fingerprint density at radius 2 is 1.86 bits per heavy atom. The number of hydrogen-bond acceptors (Lipinski definition) is 6. The van der Waals surface area contributed by atoms with E-state index in [0.717, 1.165) is 14.7 Å². The Bertz CT molecular complexity index is 851. The van der Waals surface area contributed by atoms with Crippen molar-refractivity contribution >= 4 is 22.6 Å². The van der Waals surface area contributed by atoms with Gasteiger partial charge in [0.05, 0.1) is 18.2 Å². The van der Waals surface area contributed by atoms with Crippen LogP contribution < -0.4 is 0 Å². The summed E-state index contributed by atoms with van der Waals surface area (Å²) < 4.78 is 12.1. The van der Waals surface area contributed by atoms with E-state index in [4.69, 9.17) is 9.47 Å². The van der Waals surface area contributed by atoms with Crippen molar-refractivity contribution in [3.63, 3.8) is 0 Å². The Labute approximate surface area is 177 Å². The fraction of sp³-hybridized carbons (Fsp3) is 0.381. The van der Waals surface area contributed by atoms with E-state index in [2.05, 4.69) is 28.7 Å². The van der Waals surface area contributed by atoms with Gasteiger partial charge in [-0.15, -0.1) is 0 Å². The average Bonchev–Trinajstić information content (AvgIpc) is 2.70. The van der Waals surface area contributed by atoms with Crippen molar-refractivity contribution in [2.24, 2.45) is 0 Å². The lowest BCUT2D eigenvalue weighted by atomic mass is 9.89. The Morgan fingerprint density at radius 3 is 2.46 bits per heavy atom. The molecule has 0 bridgehead atoms. The minimum atomic E-state index is -1.13. The molecular formula is C21H22INO5. The number of methoxy groups -OCH3 is 1. The van der Waals surface area contributed by atoms with Gasteiger partial charge in [-0.05, 0) is 63.9 Å². The number of aliphatic hydroxyl groups excluding tert-OH is 3. The van der Waals surface area contributed by atoms with Crippen molar-refractivity contribution in [3.05, 3.63) is 68.3 Å². The standard InChI is InChI=1S/C21H22INO5/c1-27-21-18(25)17(11-24)28-20(19(21)26)13-4-5-14(10-23)15(9-13)8-12-2-6-16(22)7-3-12/h2-7,9,17-21,24-26H,8,11H2,1H3/t17-,18-,19+,20+,21+/m1/s1. The number of nitrogens with zero attached hydrogens (tertiary/aromatic N) is 1.